The molecule has 0 heterocycles. The molecular weight excluding hydrogens is 265 g/mol. The van der Waals surface area contributed by atoms with Crippen molar-refractivity contribution in [2.75, 3.05) is 21.3 Å². The molecule has 0 rings (SSSR count). The van der Waals surface area contributed by atoms with E-state index in [1.165, 1.54) is 21.3 Å². The molecule has 0 saturated carbocycles. The first-order valence-electron chi connectivity index (χ1n) is 2.74. The monoisotopic (exact) mass is 278 g/mol. The minimum atomic E-state index is -4.64. The molecule has 3 N–H and O–H groups in total. The van der Waals surface area contributed by atoms with Crippen LogP contribution in [0.1, 0.15) is 0 Å². The maximum absolute atomic E-state index is 10.7. The van der Waals surface area contributed by atoms with Gasteiger partial charge in [0.2, 0.25) is 0 Å². The first kappa shape index (κ1) is 21.2. The normalized spacial score (nSPS) is 11.0. The summed E-state index contributed by atoms with van der Waals surface area (Å²) in [5.74, 6) is 0. The van der Waals surface area contributed by atoms with E-state index in [0.717, 1.165) is 0 Å². The Balaban J connectivity index is -0.000000177. The molecular formula is C3H13KO8P2. The summed E-state index contributed by atoms with van der Waals surface area (Å²) < 4.78 is 32.6. The number of rotatable bonds is 3. The summed E-state index contributed by atoms with van der Waals surface area (Å²) in [6.07, 6.45) is 0. The van der Waals surface area contributed by atoms with Crippen molar-refractivity contribution >= 4 is 67.0 Å². The second kappa shape index (κ2) is 10.0. The molecule has 0 aromatic heterocycles. The van der Waals surface area contributed by atoms with Crippen molar-refractivity contribution in [3.8, 4) is 0 Å². The van der Waals surface area contributed by atoms with E-state index in [1.54, 1.807) is 0 Å². The third-order valence-corrected chi connectivity index (χ3v) is 2.01. The van der Waals surface area contributed by atoms with Gasteiger partial charge in [-0.1, -0.05) is 0 Å². The quantitative estimate of drug-likeness (QED) is 0.464. The molecule has 0 saturated heterocycles. The van der Waals surface area contributed by atoms with Crippen molar-refractivity contribution in [1.82, 2.24) is 0 Å². The molecule has 0 spiro atoms. The average Bonchev–Trinajstić information content (AvgIpc) is 2.00. The van der Waals surface area contributed by atoms with Gasteiger partial charge in [-0.2, -0.15) is 0 Å². The maximum atomic E-state index is 10.7. The summed E-state index contributed by atoms with van der Waals surface area (Å²) in [7, 11) is -4.03. The van der Waals surface area contributed by atoms with Crippen LogP contribution in [0.15, 0.2) is 0 Å². The van der Waals surface area contributed by atoms with E-state index in [-0.39, 0.29) is 51.4 Å². The topological polar surface area (TPSA) is 123 Å². The van der Waals surface area contributed by atoms with E-state index >= 15 is 0 Å². The van der Waals surface area contributed by atoms with Crippen LogP contribution in [-0.4, -0.2) is 87.4 Å². The van der Waals surface area contributed by atoms with Crippen LogP contribution in [-0.2, 0) is 22.7 Å². The standard InChI is InChI=1S/C3H9O4P.K.H3O4P.H/c1-5-8(4,6-2)7-3;;1-5(2,3)4;/h1-3H3;;(H3,1,2,3,4);. The fraction of sp³-hybridized carbons (Fsp3) is 1.00. The van der Waals surface area contributed by atoms with Gasteiger partial charge < -0.3 is 14.7 Å². The van der Waals surface area contributed by atoms with Crippen molar-refractivity contribution in [2.45, 2.75) is 0 Å². The summed E-state index contributed by atoms with van der Waals surface area (Å²) in [6, 6.07) is 0. The molecule has 14 heavy (non-hydrogen) atoms. The van der Waals surface area contributed by atoms with Gasteiger partial charge in [-0.15, -0.1) is 0 Å². The summed E-state index contributed by atoms with van der Waals surface area (Å²) in [5, 5.41) is 0. The fourth-order valence-electron chi connectivity index (χ4n) is 0.224. The third kappa shape index (κ3) is 19.4. The van der Waals surface area contributed by atoms with Gasteiger partial charge in [0.1, 0.15) is 0 Å². The Kier molecular flexibility index (Phi) is 15.2. The second-order valence-corrected chi connectivity index (χ2v) is 4.52. The molecule has 8 nitrogen and oxygen atoms in total. The molecule has 0 aromatic carbocycles. The van der Waals surface area contributed by atoms with Gasteiger partial charge in [-0.05, 0) is 0 Å². The molecule has 0 aliphatic carbocycles. The molecule has 0 amide bonds. The predicted molar refractivity (Wildman–Crippen MR) is 50.0 cm³/mol. The van der Waals surface area contributed by atoms with Crippen molar-refractivity contribution in [3.05, 3.63) is 0 Å². The first-order valence-corrected chi connectivity index (χ1v) is 5.76. The Morgan fingerprint density at radius 3 is 1.00 bits per heavy atom. The van der Waals surface area contributed by atoms with E-state index in [0.29, 0.717) is 0 Å². The Bertz CT molecular complexity index is 185. The van der Waals surface area contributed by atoms with Gasteiger partial charge in [-0.25, -0.2) is 9.13 Å². The van der Waals surface area contributed by atoms with E-state index in [2.05, 4.69) is 13.6 Å². The summed E-state index contributed by atoms with van der Waals surface area (Å²) >= 11 is 0. The molecule has 84 valence electrons. The predicted octanol–water partition coefficient (Wildman–Crippen LogP) is -0.543. The van der Waals surface area contributed by atoms with E-state index in [9.17, 15) is 4.57 Å². The Hall–Kier alpha value is 1.86. The van der Waals surface area contributed by atoms with E-state index in [4.69, 9.17) is 19.2 Å². The zero-order valence-electron chi connectivity index (χ0n) is 7.28. The molecule has 0 atom stereocenters. The van der Waals surface area contributed by atoms with Crippen molar-refractivity contribution in [3.63, 3.8) is 0 Å². The molecule has 0 aromatic rings. The van der Waals surface area contributed by atoms with Crippen LogP contribution in [0.4, 0.5) is 0 Å². The second-order valence-electron chi connectivity index (χ2n) is 1.51. The first-order chi connectivity index (χ1) is 5.68. The van der Waals surface area contributed by atoms with Gasteiger partial charge in [0.15, 0.2) is 0 Å². The van der Waals surface area contributed by atoms with Crippen LogP contribution < -0.4 is 0 Å². The van der Waals surface area contributed by atoms with Gasteiger partial charge >= 0.3 is 67.0 Å². The van der Waals surface area contributed by atoms with Crippen molar-refractivity contribution in [2.24, 2.45) is 0 Å². The van der Waals surface area contributed by atoms with Gasteiger partial charge in [0.25, 0.3) is 0 Å². The van der Waals surface area contributed by atoms with Crippen LogP contribution in [0.5, 0.6) is 0 Å². The third-order valence-electron chi connectivity index (χ3n) is 0.671. The molecule has 0 aliphatic rings. The molecule has 0 bridgehead atoms. The number of hydrogen-bond donors (Lipinski definition) is 3. The Labute approximate surface area is 124 Å². The Morgan fingerprint density at radius 1 is 0.857 bits per heavy atom. The van der Waals surface area contributed by atoms with Crippen LogP contribution in [0, 0.1) is 0 Å². The average molecular weight is 278 g/mol. The number of phosphoric acid groups is 2. The van der Waals surface area contributed by atoms with E-state index in [1.807, 2.05) is 0 Å². The zero-order chi connectivity index (χ0) is 11.1. The number of phosphoric ester groups is 1. The van der Waals surface area contributed by atoms with Crippen molar-refractivity contribution < 1.29 is 37.4 Å². The van der Waals surface area contributed by atoms with Gasteiger partial charge in [0.05, 0.1) is 0 Å². The summed E-state index contributed by atoms with van der Waals surface area (Å²) in [6.45, 7) is 0. The van der Waals surface area contributed by atoms with Crippen LogP contribution in [0.2, 0.25) is 0 Å². The van der Waals surface area contributed by atoms with E-state index < -0.39 is 15.6 Å². The fourth-order valence-corrected chi connectivity index (χ4v) is 0.671. The van der Waals surface area contributed by atoms with Crippen LogP contribution in [0.3, 0.4) is 0 Å². The van der Waals surface area contributed by atoms with Crippen molar-refractivity contribution in [1.29, 1.82) is 0 Å². The molecule has 0 unspecified atom stereocenters. The molecule has 0 fully saturated rings. The summed E-state index contributed by atoms with van der Waals surface area (Å²) in [4.78, 5) is 21.6. The Morgan fingerprint density at radius 2 is 1.00 bits per heavy atom. The molecule has 11 heteroatoms. The van der Waals surface area contributed by atoms with Gasteiger partial charge in [0, 0.05) is 21.3 Å². The summed E-state index contributed by atoms with van der Waals surface area (Å²) in [5.41, 5.74) is 0. The number of hydrogen-bond acceptors (Lipinski definition) is 5. The minimum absolute atomic E-state index is 0. The molecule has 0 radical (unpaired) electrons. The zero-order valence-corrected chi connectivity index (χ0v) is 9.07. The SMILES string of the molecule is COP(=O)(OC)OC.O=P(O)(O)O.[KH]. The molecule has 0 aliphatic heterocycles. The van der Waals surface area contributed by atoms with Gasteiger partial charge in [-0.3, -0.25) is 13.6 Å². The van der Waals surface area contributed by atoms with Crippen LogP contribution in [0.25, 0.3) is 0 Å². The van der Waals surface area contributed by atoms with Crippen LogP contribution >= 0.6 is 15.6 Å².